The Kier molecular flexibility index (Phi) is 5.96. The minimum absolute atomic E-state index is 0.283. The minimum Gasteiger partial charge on any atom is -0.462 e. The molecule has 1 aromatic carbocycles. The first-order valence-corrected chi connectivity index (χ1v) is 11.1. The van der Waals surface area contributed by atoms with Crippen molar-refractivity contribution in [1.82, 2.24) is 9.62 Å². The molecule has 0 bridgehead atoms. The van der Waals surface area contributed by atoms with Gasteiger partial charge in [0.05, 0.1) is 11.5 Å². The van der Waals surface area contributed by atoms with Crippen LogP contribution in [0.25, 0.3) is 10.1 Å². The van der Waals surface area contributed by atoms with Crippen molar-refractivity contribution in [3.63, 3.8) is 0 Å². The Morgan fingerprint density at radius 3 is 2.69 bits per heavy atom. The highest BCUT2D eigenvalue weighted by Gasteiger charge is 2.29. The number of piperidine rings is 1. The number of carbonyl (C=O) groups is 1. The Labute approximate surface area is 158 Å². The fourth-order valence-electron chi connectivity index (χ4n) is 3.28. The molecule has 2 aromatic rings. The van der Waals surface area contributed by atoms with E-state index in [0.29, 0.717) is 30.5 Å². The maximum Gasteiger partial charge on any atom is 0.348 e. The van der Waals surface area contributed by atoms with Crippen molar-refractivity contribution in [3.8, 4) is 0 Å². The van der Waals surface area contributed by atoms with E-state index in [2.05, 4.69) is 5.32 Å². The van der Waals surface area contributed by atoms with Crippen LogP contribution >= 0.6 is 11.3 Å². The van der Waals surface area contributed by atoms with Gasteiger partial charge in [-0.1, -0.05) is 0 Å². The van der Waals surface area contributed by atoms with Crippen LogP contribution in [0.1, 0.15) is 29.4 Å². The zero-order valence-electron chi connectivity index (χ0n) is 15.0. The molecule has 3 rings (SSSR count). The quantitative estimate of drug-likeness (QED) is 0.760. The summed E-state index contributed by atoms with van der Waals surface area (Å²) >= 11 is 1.32. The highest BCUT2D eigenvalue weighted by molar-refractivity contribution is 7.89. The normalized spacial score (nSPS) is 16.8. The highest BCUT2D eigenvalue weighted by Crippen LogP contribution is 2.30. The number of sulfonamides is 1. The predicted octanol–water partition coefficient (Wildman–Crippen LogP) is 2.70. The summed E-state index contributed by atoms with van der Waals surface area (Å²) in [4.78, 5) is 12.7. The number of benzene rings is 1. The van der Waals surface area contributed by atoms with Crippen LogP contribution in [0.3, 0.4) is 0 Å². The molecule has 0 spiro atoms. The van der Waals surface area contributed by atoms with Crippen molar-refractivity contribution in [3.05, 3.63) is 29.1 Å². The Balaban J connectivity index is 1.81. The number of esters is 1. The maximum atomic E-state index is 13.0. The number of nitrogens with zero attached hydrogens (tertiary/aromatic N) is 1. The van der Waals surface area contributed by atoms with E-state index in [1.54, 1.807) is 35.5 Å². The lowest BCUT2D eigenvalue weighted by Crippen LogP contribution is -2.40. The summed E-state index contributed by atoms with van der Waals surface area (Å²) in [5.74, 6) is 0.155. The van der Waals surface area contributed by atoms with Gasteiger partial charge in [0.2, 0.25) is 10.0 Å². The van der Waals surface area contributed by atoms with Crippen molar-refractivity contribution in [1.29, 1.82) is 0 Å². The summed E-state index contributed by atoms with van der Waals surface area (Å²) in [5.41, 5.74) is 0. The van der Waals surface area contributed by atoms with E-state index in [-0.39, 0.29) is 10.9 Å². The zero-order chi connectivity index (χ0) is 18.7. The monoisotopic (exact) mass is 396 g/mol. The molecule has 26 heavy (non-hydrogen) atoms. The second-order valence-electron chi connectivity index (χ2n) is 6.44. The van der Waals surface area contributed by atoms with Crippen molar-refractivity contribution < 1.29 is 17.9 Å². The van der Waals surface area contributed by atoms with E-state index in [1.165, 1.54) is 11.3 Å². The second kappa shape index (κ2) is 8.04. The van der Waals surface area contributed by atoms with Crippen molar-refractivity contribution in [2.24, 2.45) is 5.92 Å². The standard InChI is InChI=1S/C18H24N2O4S2/c1-3-24-18(21)17-11-14-10-15(4-5-16(14)25-17)26(22,23)20-8-6-13(7-9-20)12-19-2/h4-5,10-11,13,19H,3,6-9,12H2,1-2H3. The molecule has 0 saturated carbocycles. The molecule has 1 saturated heterocycles. The Morgan fingerprint density at radius 1 is 1.31 bits per heavy atom. The van der Waals surface area contributed by atoms with Gasteiger partial charge in [-0.05, 0) is 68.9 Å². The first kappa shape index (κ1) is 19.3. The van der Waals surface area contributed by atoms with Crippen LogP contribution in [-0.2, 0) is 14.8 Å². The minimum atomic E-state index is -3.51. The zero-order valence-corrected chi connectivity index (χ0v) is 16.7. The summed E-state index contributed by atoms with van der Waals surface area (Å²) < 4.78 is 33.4. The van der Waals surface area contributed by atoms with Gasteiger partial charge in [-0.25, -0.2) is 13.2 Å². The number of carbonyl (C=O) groups excluding carboxylic acids is 1. The number of hydrogen-bond donors (Lipinski definition) is 1. The summed E-state index contributed by atoms with van der Waals surface area (Å²) in [6.07, 6.45) is 1.74. The van der Waals surface area contributed by atoms with E-state index < -0.39 is 10.0 Å². The molecule has 0 unspecified atom stereocenters. The second-order valence-corrected chi connectivity index (χ2v) is 9.46. The van der Waals surface area contributed by atoms with Gasteiger partial charge in [0, 0.05) is 17.8 Å². The molecule has 1 fully saturated rings. The van der Waals surface area contributed by atoms with Gasteiger partial charge in [0.1, 0.15) is 4.88 Å². The van der Waals surface area contributed by atoms with Crippen LogP contribution < -0.4 is 5.32 Å². The van der Waals surface area contributed by atoms with Crippen molar-refractivity contribution in [2.75, 3.05) is 33.3 Å². The molecule has 1 N–H and O–H groups in total. The molecule has 1 aliphatic rings. The van der Waals surface area contributed by atoms with Crippen LogP contribution in [0.5, 0.6) is 0 Å². The lowest BCUT2D eigenvalue weighted by Gasteiger charge is -2.31. The summed E-state index contributed by atoms with van der Waals surface area (Å²) in [7, 11) is -1.59. The van der Waals surface area contributed by atoms with Crippen LogP contribution in [0.15, 0.2) is 29.2 Å². The number of thiophene rings is 1. The number of hydrogen-bond acceptors (Lipinski definition) is 6. The fraction of sp³-hybridized carbons (Fsp3) is 0.500. The number of rotatable bonds is 6. The Bertz CT molecular complexity index is 884. The van der Waals surface area contributed by atoms with Crippen LogP contribution in [0.4, 0.5) is 0 Å². The number of nitrogens with one attached hydrogen (secondary N) is 1. The van der Waals surface area contributed by atoms with Crippen LogP contribution in [0, 0.1) is 5.92 Å². The van der Waals surface area contributed by atoms with Crippen molar-refractivity contribution in [2.45, 2.75) is 24.7 Å². The molecule has 0 radical (unpaired) electrons. The molecule has 0 amide bonds. The highest BCUT2D eigenvalue weighted by atomic mass is 32.2. The average Bonchev–Trinajstić information content (AvgIpc) is 3.06. The first-order chi connectivity index (χ1) is 12.5. The molecule has 0 aliphatic carbocycles. The van der Waals surface area contributed by atoms with Gasteiger partial charge in [-0.3, -0.25) is 0 Å². The third-order valence-electron chi connectivity index (χ3n) is 4.67. The molecule has 1 aliphatic heterocycles. The SMILES string of the molecule is CCOC(=O)c1cc2cc(S(=O)(=O)N3CCC(CNC)CC3)ccc2s1. The topological polar surface area (TPSA) is 75.7 Å². The molecular weight excluding hydrogens is 372 g/mol. The molecule has 1 aromatic heterocycles. The first-order valence-electron chi connectivity index (χ1n) is 8.81. The molecule has 8 heteroatoms. The van der Waals surface area contributed by atoms with Gasteiger partial charge in [-0.15, -0.1) is 11.3 Å². The largest absolute Gasteiger partial charge is 0.462 e. The smallest absolute Gasteiger partial charge is 0.348 e. The van der Waals surface area contributed by atoms with Crippen LogP contribution in [-0.4, -0.2) is 52.0 Å². The third kappa shape index (κ3) is 3.93. The van der Waals surface area contributed by atoms with E-state index >= 15 is 0 Å². The summed E-state index contributed by atoms with van der Waals surface area (Å²) in [6.45, 7) is 4.09. The van der Waals surface area contributed by atoms with E-state index in [4.69, 9.17) is 4.74 Å². The predicted molar refractivity (Wildman–Crippen MR) is 103 cm³/mol. The van der Waals surface area contributed by atoms with Gasteiger partial charge in [0.25, 0.3) is 0 Å². The summed E-state index contributed by atoms with van der Waals surface area (Å²) in [5, 5.41) is 3.91. The van der Waals surface area contributed by atoms with Crippen LogP contribution in [0.2, 0.25) is 0 Å². The van der Waals surface area contributed by atoms with Gasteiger partial charge >= 0.3 is 5.97 Å². The Hall–Kier alpha value is -1.48. The van der Waals surface area contributed by atoms with Gasteiger partial charge < -0.3 is 10.1 Å². The molecule has 2 heterocycles. The number of fused-ring (bicyclic) bond motifs is 1. The fourth-order valence-corrected chi connectivity index (χ4v) is 5.72. The molecular formula is C18H24N2O4S2. The third-order valence-corrected chi connectivity index (χ3v) is 7.66. The van der Waals surface area contributed by atoms with E-state index in [0.717, 1.165) is 29.5 Å². The van der Waals surface area contributed by atoms with Gasteiger partial charge in [0.15, 0.2) is 0 Å². The maximum absolute atomic E-state index is 13.0. The average molecular weight is 397 g/mol. The number of ether oxygens (including phenoxy) is 1. The van der Waals surface area contributed by atoms with Gasteiger partial charge in [-0.2, -0.15) is 4.31 Å². The lowest BCUT2D eigenvalue weighted by molar-refractivity contribution is 0.0532. The van der Waals surface area contributed by atoms with E-state index in [1.807, 2.05) is 7.05 Å². The molecule has 6 nitrogen and oxygen atoms in total. The molecule has 0 atom stereocenters. The lowest BCUT2D eigenvalue weighted by atomic mass is 9.98. The van der Waals surface area contributed by atoms with Crippen molar-refractivity contribution >= 4 is 37.4 Å². The summed E-state index contributed by atoms with van der Waals surface area (Å²) in [6, 6.07) is 6.76. The Morgan fingerprint density at radius 2 is 2.04 bits per heavy atom. The molecule has 142 valence electrons. The van der Waals surface area contributed by atoms with E-state index in [9.17, 15) is 13.2 Å².